The minimum Gasteiger partial charge on any atom is -0.475 e. The predicted molar refractivity (Wildman–Crippen MR) is 95.5 cm³/mol. The summed E-state index contributed by atoms with van der Waals surface area (Å²) in [7, 11) is 1.77. The first kappa shape index (κ1) is 21.5. The Kier molecular flexibility index (Phi) is 6.72. The van der Waals surface area contributed by atoms with Crippen LogP contribution in [0.2, 0.25) is 10.0 Å². The Morgan fingerprint density at radius 2 is 1.93 bits per heavy atom. The number of alkyl halides is 3. The number of hydrogen-bond acceptors (Lipinski definition) is 4. The van der Waals surface area contributed by atoms with Gasteiger partial charge in [-0.05, 0) is 31.5 Å². The van der Waals surface area contributed by atoms with Crippen LogP contribution < -0.4 is 10.9 Å². The number of nitrogens with one attached hydrogen (secondary N) is 1. The topological polar surface area (TPSA) is 84.2 Å². The summed E-state index contributed by atoms with van der Waals surface area (Å²) in [6, 6.07) is 3.26. The molecule has 3 rings (SSSR count). The van der Waals surface area contributed by atoms with E-state index in [-0.39, 0.29) is 11.5 Å². The lowest BCUT2D eigenvalue weighted by molar-refractivity contribution is -0.192. The number of nitrogens with zero attached hydrogens (tertiary/aromatic N) is 2. The van der Waals surface area contributed by atoms with Crippen LogP contribution in [0, 0.1) is 0 Å². The SMILES string of the molecule is Cn1c([C@H]2CCCNC2)nc2cc(Cl)c(Cl)cc2c1=O.O=C(O)C(F)(F)F. The van der Waals surface area contributed by atoms with Crippen molar-refractivity contribution < 1.29 is 23.1 Å². The van der Waals surface area contributed by atoms with E-state index in [9.17, 15) is 18.0 Å². The van der Waals surface area contributed by atoms with Crippen molar-refractivity contribution in [3.63, 3.8) is 0 Å². The second kappa shape index (κ2) is 8.45. The Balaban J connectivity index is 0.000000321. The van der Waals surface area contributed by atoms with Gasteiger partial charge in [0, 0.05) is 19.5 Å². The predicted octanol–water partition coefficient (Wildman–Crippen LogP) is 3.34. The van der Waals surface area contributed by atoms with Crippen molar-refractivity contribution in [2.45, 2.75) is 24.9 Å². The second-order valence-electron chi connectivity index (χ2n) is 5.96. The molecule has 0 radical (unpaired) electrons. The highest BCUT2D eigenvalue weighted by molar-refractivity contribution is 6.42. The number of aliphatic carboxylic acids is 1. The minimum atomic E-state index is -5.08. The van der Waals surface area contributed by atoms with Crippen molar-refractivity contribution in [3.05, 3.63) is 38.4 Å². The van der Waals surface area contributed by atoms with E-state index in [0.29, 0.717) is 20.9 Å². The van der Waals surface area contributed by atoms with Gasteiger partial charge in [0.15, 0.2) is 0 Å². The summed E-state index contributed by atoms with van der Waals surface area (Å²) in [5.74, 6) is -1.68. The average Bonchev–Trinajstić information content (AvgIpc) is 2.60. The van der Waals surface area contributed by atoms with Gasteiger partial charge in [-0.3, -0.25) is 9.36 Å². The number of fused-ring (bicyclic) bond motifs is 1. The second-order valence-corrected chi connectivity index (χ2v) is 6.78. The van der Waals surface area contributed by atoms with Crippen LogP contribution in [0.1, 0.15) is 24.6 Å². The smallest absolute Gasteiger partial charge is 0.475 e. The van der Waals surface area contributed by atoms with E-state index in [2.05, 4.69) is 10.3 Å². The molecule has 2 N–H and O–H groups in total. The zero-order valence-electron chi connectivity index (χ0n) is 14.1. The number of rotatable bonds is 1. The van der Waals surface area contributed by atoms with Gasteiger partial charge in [-0.15, -0.1) is 0 Å². The molecule has 0 unspecified atom stereocenters. The van der Waals surface area contributed by atoms with Gasteiger partial charge in [-0.1, -0.05) is 23.2 Å². The van der Waals surface area contributed by atoms with Gasteiger partial charge in [0.1, 0.15) is 5.82 Å². The maximum Gasteiger partial charge on any atom is 0.490 e. The molecule has 0 aliphatic carbocycles. The van der Waals surface area contributed by atoms with Crippen LogP contribution in [-0.4, -0.2) is 39.9 Å². The summed E-state index contributed by atoms with van der Waals surface area (Å²) in [6.07, 6.45) is -2.94. The van der Waals surface area contributed by atoms with Crippen LogP contribution in [-0.2, 0) is 11.8 Å². The molecule has 0 spiro atoms. The van der Waals surface area contributed by atoms with E-state index < -0.39 is 12.1 Å². The number of carboxylic acids is 1. The standard InChI is InChI=1S/C14H15Cl2N3O.C2HF3O2/c1-19-13(8-3-2-4-17-7-8)18-12-6-11(16)10(15)5-9(12)14(19)20;3-2(4,5)1(6)7/h5-6,8,17H,2-4,7H2,1H3;(H,6,7)/t8-;/m0./s1. The normalized spacial score (nSPS) is 17.3. The first-order chi connectivity index (χ1) is 12.5. The van der Waals surface area contributed by atoms with Crippen molar-refractivity contribution in [1.82, 2.24) is 14.9 Å². The van der Waals surface area contributed by atoms with Crippen molar-refractivity contribution in [1.29, 1.82) is 0 Å². The van der Waals surface area contributed by atoms with E-state index in [1.807, 2.05) is 0 Å². The van der Waals surface area contributed by atoms with Crippen LogP contribution in [0.3, 0.4) is 0 Å². The Morgan fingerprint density at radius 3 is 2.44 bits per heavy atom. The Labute approximate surface area is 161 Å². The number of piperidine rings is 1. The van der Waals surface area contributed by atoms with E-state index in [4.69, 9.17) is 33.1 Å². The van der Waals surface area contributed by atoms with Crippen LogP contribution in [0.5, 0.6) is 0 Å². The Hall–Kier alpha value is -1.84. The van der Waals surface area contributed by atoms with Crippen molar-refractivity contribution in [2.75, 3.05) is 13.1 Å². The van der Waals surface area contributed by atoms with Gasteiger partial charge < -0.3 is 10.4 Å². The first-order valence-corrected chi connectivity index (χ1v) is 8.64. The number of carbonyl (C=O) groups is 1. The van der Waals surface area contributed by atoms with Gasteiger partial charge >= 0.3 is 12.1 Å². The molecule has 1 aromatic heterocycles. The van der Waals surface area contributed by atoms with Crippen LogP contribution in [0.15, 0.2) is 16.9 Å². The largest absolute Gasteiger partial charge is 0.490 e. The average molecular weight is 426 g/mol. The third kappa shape index (κ3) is 5.12. The molecule has 6 nitrogen and oxygen atoms in total. The molecule has 2 aromatic rings. The number of aromatic nitrogens is 2. The lowest BCUT2D eigenvalue weighted by Crippen LogP contribution is -2.33. The van der Waals surface area contributed by atoms with E-state index in [0.717, 1.165) is 31.8 Å². The lowest BCUT2D eigenvalue weighted by Gasteiger charge is -2.24. The molecule has 1 aliphatic heterocycles. The molecular weight excluding hydrogens is 410 g/mol. The minimum absolute atomic E-state index is 0.0749. The number of benzene rings is 1. The summed E-state index contributed by atoms with van der Waals surface area (Å²) >= 11 is 12.0. The maximum absolute atomic E-state index is 12.5. The number of carboxylic acid groups (broad SMARTS) is 1. The van der Waals surface area contributed by atoms with Gasteiger partial charge in [0.2, 0.25) is 0 Å². The van der Waals surface area contributed by atoms with Crippen LogP contribution in [0.4, 0.5) is 13.2 Å². The first-order valence-electron chi connectivity index (χ1n) is 7.89. The highest BCUT2D eigenvalue weighted by atomic mass is 35.5. The quantitative estimate of drug-likeness (QED) is 0.731. The fourth-order valence-electron chi connectivity index (χ4n) is 2.72. The Morgan fingerprint density at radius 1 is 1.33 bits per heavy atom. The molecule has 148 valence electrons. The molecule has 2 heterocycles. The number of hydrogen-bond donors (Lipinski definition) is 2. The van der Waals surface area contributed by atoms with E-state index in [1.165, 1.54) is 0 Å². The molecular formula is C16H16Cl2F3N3O3. The molecule has 0 bridgehead atoms. The van der Waals surface area contributed by atoms with E-state index in [1.54, 1.807) is 23.7 Å². The van der Waals surface area contributed by atoms with Crippen molar-refractivity contribution in [2.24, 2.45) is 7.05 Å². The van der Waals surface area contributed by atoms with Crippen LogP contribution in [0.25, 0.3) is 10.9 Å². The molecule has 0 amide bonds. The monoisotopic (exact) mass is 425 g/mol. The van der Waals surface area contributed by atoms with Gasteiger partial charge in [0.25, 0.3) is 5.56 Å². The summed E-state index contributed by atoms with van der Waals surface area (Å²) in [6.45, 7) is 1.88. The zero-order chi connectivity index (χ0) is 20.4. The zero-order valence-corrected chi connectivity index (χ0v) is 15.6. The summed E-state index contributed by atoms with van der Waals surface area (Å²) in [5.41, 5.74) is 0.539. The molecule has 0 saturated carbocycles. The molecule has 1 fully saturated rings. The fraction of sp³-hybridized carbons (Fsp3) is 0.438. The maximum atomic E-state index is 12.5. The molecule has 11 heteroatoms. The molecule has 1 saturated heterocycles. The van der Waals surface area contributed by atoms with Gasteiger partial charge in [-0.2, -0.15) is 13.2 Å². The molecule has 1 aromatic carbocycles. The summed E-state index contributed by atoms with van der Waals surface area (Å²) < 4.78 is 33.4. The molecule has 1 aliphatic rings. The number of halogens is 5. The highest BCUT2D eigenvalue weighted by Gasteiger charge is 2.38. The summed E-state index contributed by atoms with van der Waals surface area (Å²) in [5, 5.41) is 11.8. The van der Waals surface area contributed by atoms with Gasteiger partial charge in [0.05, 0.1) is 20.9 Å². The highest BCUT2D eigenvalue weighted by Crippen LogP contribution is 2.27. The molecule has 27 heavy (non-hydrogen) atoms. The third-order valence-corrected chi connectivity index (χ3v) is 4.78. The lowest BCUT2D eigenvalue weighted by atomic mass is 9.98. The summed E-state index contributed by atoms with van der Waals surface area (Å²) in [4.78, 5) is 26.0. The third-order valence-electron chi connectivity index (χ3n) is 4.06. The Bertz CT molecular complexity index is 910. The molecule has 1 atom stereocenters. The van der Waals surface area contributed by atoms with Crippen LogP contribution >= 0.6 is 23.2 Å². The van der Waals surface area contributed by atoms with Crippen molar-refractivity contribution in [3.8, 4) is 0 Å². The van der Waals surface area contributed by atoms with Crippen molar-refractivity contribution >= 4 is 40.1 Å². The van der Waals surface area contributed by atoms with E-state index >= 15 is 0 Å². The van der Waals surface area contributed by atoms with Gasteiger partial charge in [-0.25, -0.2) is 9.78 Å². The fourth-order valence-corrected chi connectivity index (χ4v) is 3.04.